The lowest BCUT2D eigenvalue weighted by molar-refractivity contribution is 0.0692. The highest BCUT2D eigenvalue weighted by Gasteiger charge is 2.19. The summed E-state index contributed by atoms with van der Waals surface area (Å²) in [7, 11) is 0. The first-order valence-corrected chi connectivity index (χ1v) is 5.25. The van der Waals surface area contributed by atoms with E-state index < -0.39 is 5.97 Å². The number of carbonyl (C=O) groups is 1. The number of benzene rings is 1. The maximum Gasteiger partial charge on any atom is 0.339 e. The van der Waals surface area contributed by atoms with E-state index in [0.717, 1.165) is 5.57 Å². The third kappa shape index (κ3) is 2.78. The van der Waals surface area contributed by atoms with Crippen molar-refractivity contribution in [2.24, 2.45) is 0 Å². The molecule has 0 heterocycles. The minimum absolute atomic E-state index is 0.0810. The summed E-state index contributed by atoms with van der Waals surface area (Å²) < 4.78 is 0. The van der Waals surface area contributed by atoms with Crippen LogP contribution in [0.1, 0.15) is 35.3 Å². The van der Waals surface area contributed by atoms with Crippen LogP contribution in [0.2, 0.25) is 0 Å². The molecule has 0 saturated heterocycles. The second-order valence-electron chi connectivity index (χ2n) is 4.21. The molecular formula is C13H16O4. The summed E-state index contributed by atoms with van der Waals surface area (Å²) in [6, 6.07) is 1.36. The molecule has 0 aliphatic carbocycles. The number of aryl methyl sites for hydroxylation is 1. The summed E-state index contributed by atoms with van der Waals surface area (Å²) in [5.74, 6) is -1.63. The van der Waals surface area contributed by atoms with E-state index >= 15 is 0 Å². The van der Waals surface area contributed by atoms with E-state index in [1.54, 1.807) is 0 Å². The van der Waals surface area contributed by atoms with Crippen molar-refractivity contribution in [3.8, 4) is 11.5 Å². The molecule has 92 valence electrons. The molecule has 1 aromatic rings. The van der Waals surface area contributed by atoms with Gasteiger partial charge in [0.15, 0.2) is 0 Å². The van der Waals surface area contributed by atoms with Crippen molar-refractivity contribution < 1.29 is 20.1 Å². The van der Waals surface area contributed by atoms with Crippen molar-refractivity contribution in [1.29, 1.82) is 0 Å². The average molecular weight is 236 g/mol. The van der Waals surface area contributed by atoms with Gasteiger partial charge < -0.3 is 15.3 Å². The number of allylic oxidation sites excluding steroid dienone is 2. The van der Waals surface area contributed by atoms with Gasteiger partial charge in [0.25, 0.3) is 0 Å². The molecule has 0 unspecified atom stereocenters. The van der Waals surface area contributed by atoms with Crippen LogP contribution in [0, 0.1) is 6.92 Å². The molecule has 1 rings (SSSR count). The van der Waals surface area contributed by atoms with Crippen LogP contribution in [-0.4, -0.2) is 21.3 Å². The lowest BCUT2D eigenvalue weighted by Crippen LogP contribution is -2.02. The molecule has 0 aliphatic heterocycles. The van der Waals surface area contributed by atoms with Crippen LogP contribution in [0.25, 0.3) is 0 Å². The molecule has 1 aromatic carbocycles. The summed E-state index contributed by atoms with van der Waals surface area (Å²) in [5.41, 5.74) is 1.46. The van der Waals surface area contributed by atoms with Crippen molar-refractivity contribution >= 4 is 5.97 Å². The Morgan fingerprint density at radius 3 is 2.41 bits per heavy atom. The molecule has 0 spiro atoms. The second kappa shape index (κ2) is 4.91. The van der Waals surface area contributed by atoms with Crippen molar-refractivity contribution in [1.82, 2.24) is 0 Å². The Morgan fingerprint density at radius 2 is 1.94 bits per heavy atom. The van der Waals surface area contributed by atoms with Crippen LogP contribution < -0.4 is 0 Å². The number of phenolic OH excluding ortho intramolecular Hbond substituents is 1. The first kappa shape index (κ1) is 13.1. The van der Waals surface area contributed by atoms with Crippen molar-refractivity contribution in [3.05, 3.63) is 34.4 Å². The monoisotopic (exact) mass is 236 g/mol. The fourth-order valence-electron chi connectivity index (χ4n) is 1.60. The maximum atomic E-state index is 11.0. The number of carboxylic acid groups (broad SMARTS) is 1. The Balaban J connectivity index is 3.35. The Labute approximate surface area is 99.8 Å². The van der Waals surface area contributed by atoms with E-state index in [2.05, 4.69) is 0 Å². The first-order valence-electron chi connectivity index (χ1n) is 5.25. The SMILES string of the molecule is CC(C)=CCc1c(O)cc(C)c(C(=O)O)c1O. The molecule has 0 radical (unpaired) electrons. The van der Waals surface area contributed by atoms with Gasteiger partial charge in [-0.1, -0.05) is 11.6 Å². The molecule has 0 aromatic heterocycles. The standard InChI is InChI=1S/C13H16O4/c1-7(2)4-5-9-10(14)6-8(3)11(12(9)15)13(16)17/h4,6,14-15H,5H2,1-3H3,(H,16,17). The molecule has 0 aliphatic rings. The van der Waals surface area contributed by atoms with Gasteiger partial charge in [-0.15, -0.1) is 0 Å². The van der Waals surface area contributed by atoms with Crippen LogP contribution >= 0.6 is 0 Å². The van der Waals surface area contributed by atoms with E-state index in [9.17, 15) is 15.0 Å². The number of aromatic carboxylic acids is 1. The van der Waals surface area contributed by atoms with Crippen LogP contribution in [0.3, 0.4) is 0 Å². The Morgan fingerprint density at radius 1 is 1.35 bits per heavy atom. The molecular weight excluding hydrogens is 220 g/mol. The van der Waals surface area contributed by atoms with Gasteiger partial charge in [-0.25, -0.2) is 4.79 Å². The molecule has 0 amide bonds. The molecule has 0 saturated carbocycles. The van der Waals surface area contributed by atoms with E-state index in [-0.39, 0.29) is 22.6 Å². The molecule has 0 fully saturated rings. The summed E-state index contributed by atoms with van der Waals surface area (Å²) in [6.07, 6.45) is 2.12. The number of hydrogen-bond acceptors (Lipinski definition) is 3. The lowest BCUT2D eigenvalue weighted by atomic mass is 9.99. The zero-order chi connectivity index (χ0) is 13.2. The molecule has 0 atom stereocenters. The van der Waals surface area contributed by atoms with E-state index in [4.69, 9.17) is 5.11 Å². The van der Waals surface area contributed by atoms with Crippen LogP contribution in [0.5, 0.6) is 11.5 Å². The quantitative estimate of drug-likeness (QED) is 0.705. The van der Waals surface area contributed by atoms with Crippen molar-refractivity contribution in [2.75, 3.05) is 0 Å². The van der Waals surface area contributed by atoms with Crippen LogP contribution in [-0.2, 0) is 6.42 Å². The van der Waals surface area contributed by atoms with Gasteiger partial charge in [0, 0.05) is 5.56 Å². The summed E-state index contributed by atoms with van der Waals surface area (Å²) in [5, 5.41) is 28.6. The number of phenols is 2. The van der Waals surface area contributed by atoms with Crippen LogP contribution in [0.4, 0.5) is 0 Å². The predicted molar refractivity (Wildman–Crippen MR) is 64.6 cm³/mol. The van der Waals surface area contributed by atoms with E-state index in [0.29, 0.717) is 12.0 Å². The second-order valence-corrected chi connectivity index (χ2v) is 4.21. The highest BCUT2D eigenvalue weighted by Crippen LogP contribution is 2.34. The summed E-state index contributed by atoms with van der Waals surface area (Å²) in [6.45, 7) is 5.31. The predicted octanol–water partition coefficient (Wildman–Crippen LogP) is 2.61. The van der Waals surface area contributed by atoms with Gasteiger partial charge in [-0.2, -0.15) is 0 Å². The van der Waals surface area contributed by atoms with Crippen molar-refractivity contribution in [2.45, 2.75) is 27.2 Å². The zero-order valence-electron chi connectivity index (χ0n) is 10.1. The third-order valence-corrected chi connectivity index (χ3v) is 2.51. The highest BCUT2D eigenvalue weighted by atomic mass is 16.4. The molecule has 4 nitrogen and oxygen atoms in total. The number of aromatic hydroxyl groups is 2. The molecule has 3 N–H and O–H groups in total. The normalized spacial score (nSPS) is 10.1. The fraction of sp³-hybridized carbons (Fsp3) is 0.308. The molecule has 17 heavy (non-hydrogen) atoms. The van der Waals surface area contributed by atoms with E-state index in [1.165, 1.54) is 13.0 Å². The fourth-order valence-corrected chi connectivity index (χ4v) is 1.60. The van der Waals surface area contributed by atoms with Crippen LogP contribution in [0.15, 0.2) is 17.7 Å². The summed E-state index contributed by atoms with van der Waals surface area (Å²) >= 11 is 0. The lowest BCUT2D eigenvalue weighted by Gasteiger charge is -2.11. The minimum atomic E-state index is -1.20. The van der Waals surface area contributed by atoms with Crippen molar-refractivity contribution in [3.63, 3.8) is 0 Å². The molecule has 0 bridgehead atoms. The highest BCUT2D eigenvalue weighted by molar-refractivity contribution is 5.93. The smallest absolute Gasteiger partial charge is 0.339 e. The van der Waals surface area contributed by atoms with Gasteiger partial charge in [-0.3, -0.25) is 0 Å². The van der Waals surface area contributed by atoms with Gasteiger partial charge >= 0.3 is 5.97 Å². The number of rotatable bonds is 3. The van der Waals surface area contributed by atoms with Gasteiger partial charge in [-0.05, 0) is 38.8 Å². The summed E-state index contributed by atoms with van der Waals surface area (Å²) in [4.78, 5) is 11.0. The Bertz CT molecular complexity index is 483. The topological polar surface area (TPSA) is 77.8 Å². The minimum Gasteiger partial charge on any atom is -0.508 e. The van der Waals surface area contributed by atoms with Gasteiger partial charge in [0.1, 0.15) is 17.1 Å². The Hall–Kier alpha value is -1.97. The first-order chi connectivity index (χ1) is 7.84. The number of carboxylic acids is 1. The number of hydrogen-bond donors (Lipinski definition) is 3. The zero-order valence-corrected chi connectivity index (χ0v) is 10.1. The molecule has 4 heteroatoms. The van der Waals surface area contributed by atoms with Gasteiger partial charge in [0.2, 0.25) is 0 Å². The van der Waals surface area contributed by atoms with E-state index in [1.807, 2.05) is 19.9 Å². The average Bonchev–Trinajstić information content (AvgIpc) is 2.14. The maximum absolute atomic E-state index is 11.0. The Kier molecular flexibility index (Phi) is 3.78. The van der Waals surface area contributed by atoms with Gasteiger partial charge in [0.05, 0.1) is 0 Å². The third-order valence-electron chi connectivity index (χ3n) is 2.51. The largest absolute Gasteiger partial charge is 0.508 e.